The third kappa shape index (κ3) is 5.27. The van der Waals surface area contributed by atoms with Crippen molar-refractivity contribution in [2.45, 2.75) is 37.8 Å². The molecule has 0 radical (unpaired) electrons. The summed E-state index contributed by atoms with van der Waals surface area (Å²) in [6.45, 7) is 3.37. The average molecular weight is 499 g/mol. The standard InChI is InChI=1S/C25H27F6N3O/c1-15(18-9-20(24(26,27)28)11-21(10-18)25(29,30)31)33(2)23(35)34-14-16-8-19(13-32-12-16)22(34)17-6-4-3-5-7-17/h3-7,9-11,15-16,19,22,32H,8,12-14H2,1-2H3. The molecule has 2 aromatic rings. The van der Waals surface area contributed by atoms with Gasteiger partial charge in [-0.25, -0.2) is 4.79 Å². The van der Waals surface area contributed by atoms with Crippen LogP contribution in [0.1, 0.15) is 47.7 Å². The molecule has 10 heteroatoms. The maximum absolute atomic E-state index is 13.7. The molecule has 4 atom stereocenters. The minimum Gasteiger partial charge on any atom is -0.321 e. The highest BCUT2D eigenvalue weighted by molar-refractivity contribution is 5.75. The zero-order valence-electron chi connectivity index (χ0n) is 19.3. The lowest BCUT2D eigenvalue weighted by atomic mass is 9.77. The van der Waals surface area contributed by atoms with Crippen molar-refractivity contribution in [3.05, 3.63) is 70.8 Å². The molecule has 2 saturated heterocycles. The first-order chi connectivity index (χ1) is 16.4. The summed E-state index contributed by atoms with van der Waals surface area (Å²) in [7, 11) is 1.42. The van der Waals surface area contributed by atoms with Crippen LogP contribution in [0.2, 0.25) is 0 Å². The molecule has 190 valence electrons. The van der Waals surface area contributed by atoms with E-state index in [2.05, 4.69) is 5.32 Å². The molecule has 2 aliphatic heterocycles. The molecule has 2 aliphatic rings. The number of piperidine rings is 2. The summed E-state index contributed by atoms with van der Waals surface area (Å²) in [5.41, 5.74) is -2.06. The maximum Gasteiger partial charge on any atom is 0.416 e. The fourth-order valence-electron chi connectivity index (χ4n) is 5.20. The van der Waals surface area contributed by atoms with Crippen molar-refractivity contribution in [2.24, 2.45) is 11.8 Å². The minimum atomic E-state index is -4.95. The van der Waals surface area contributed by atoms with Crippen molar-refractivity contribution in [3.8, 4) is 0 Å². The highest BCUT2D eigenvalue weighted by Gasteiger charge is 2.43. The van der Waals surface area contributed by atoms with Crippen molar-refractivity contribution in [1.82, 2.24) is 15.1 Å². The monoisotopic (exact) mass is 499 g/mol. The van der Waals surface area contributed by atoms with Gasteiger partial charge >= 0.3 is 18.4 Å². The SMILES string of the molecule is CC(c1cc(C(F)(F)F)cc(C(F)(F)F)c1)N(C)C(=O)N1CC2CNCC(C2)C1c1ccccc1. The van der Waals surface area contributed by atoms with Crippen LogP contribution in [0, 0.1) is 11.8 Å². The normalized spacial score (nSPS) is 23.7. The van der Waals surface area contributed by atoms with Gasteiger partial charge in [-0.05, 0) is 61.1 Å². The molecular formula is C25H27F6N3O. The van der Waals surface area contributed by atoms with Crippen LogP contribution in [-0.4, -0.2) is 42.5 Å². The van der Waals surface area contributed by atoms with E-state index in [1.54, 1.807) is 4.90 Å². The second-order valence-electron chi connectivity index (χ2n) is 9.44. The van der Waals surface area contributed by atoms with Crippen molar-refractivity contribution >= 4 is 6.03 Å². The molecule has 0 spiro atoms. The van der Waals surface area contributed by atoms with Crippen molar-refractivity contribution in [3.63, 3.8) is 0 Å². The van der Waals surface area contributed by atoms with Crippen molar-refractivity contribution < 1.29 is 31.1 Å². The summed E-state index contributed by atoms with van der Waals surface area (Å²) in [6, 6.07) is 9.31. The van der Waals surface area contributed by atoms with E-state index in [1.807, 2.05) is 30.3 Å². The van der Waals surface area contributed by atoms with Gasteiger partial charge in [0, 0.05) is 20.1 Å². The summed E-state index contributed by atoms with van der Waals surface area (Å²) >= 11 is 0. The molecule has 2 amide bonds. The van der Waals surface area contributed by atoms with Gasteiger partial charge in [0.25, 0.3) is 0 Å². The fraction of sp³-hybridized carbons (Fsp3) is 0.480. The number of likely N-dealkylation sites (tertiary alicyclic amines) is 1. The Morgan fingerprint density at radius 2 is 1.60 bits per heavy atom. The summed E-state index contributed by atoms with van der Waals surface area (Å²) in [4.78, 5) is 16.6. The number of rotatable bonds is 3. The highest BCUT2D eigenvalue weighted by atomic mass is 19.4. The van der Waals surface area contributed by atoms with Crippen molar-refractivity contribution in [1.29, 1.82) is 0 Å². The Morgan fingerprint density at radius 1 is 1.00 bits per heavy atom. The zero-order chi connectivity index (χ0) is 25.5. The number of amides is 2. The Hall–Kier alpha value is -2.75. The molecule has 4 nitrogen and oxygen atoms in total. The topological polar surface area (TPSA) is 35.6 Å². The predicted molar refractivity (Wildman–Crippen MR) is 118 cm³/mol. The summed E-state index contributed by atoms with van der Waals surface area (Å²) in [5.74, 6) is 0.384. The number of nitrogens with one attached hydrogen (secondary N) is 1. The zero-order valence-corrected chi connectivity index (χ0v) is 19.3. The van der Waals surface area contributed by atoms with Gasteiger partial charge in [0.1, 0.15) is 0 Å². The molecule has 0 aliphatic carbocycles. The van der Waals surface area contributed by atoms with E-state index in [9.17, 15) is 31.1 Å². The second kappa shape index (κ2) is 9.37. The molecule has 2 fully saturated rings. The Kier molecular flexibility index (Phi) is 6.78. The van der Waals surface area contributed by atoms with Crippen LogP contribution in [0.15, 0.2) is 48.5 Å². The number of alkyl halides is 6. The van der Waals surface area contributed by atoms with Gasteiger partial charge < -0.3 is 15.1 Å². The number of nitrogens with zero attached hydrogens (tertiary/aromatic N) is 2. The van der Waals surface area contributed by atoms with Crippen LogP contribution in [0.5, 0.6) is 0 Å². The number of carbonyl (C=O) groups is 1. The van der Waals surface area contributed by atoms with E-state index < -0.39 is 35.6 Å². The Labute approximate surface area is 199 Å². The van der Waals surface area contributed by atoms with E-state index >= 15 is 0 Å². The summed E-state index contributed by atoms with van der Waals surface area (Å²) in [6.07, 6.45) is -8.96. The van der Waals surface area contributed by atoms with E-state index in [0.29, 0.717) is 18.7 Å². The van der Waals surface area contributed by atoms with Gasteiger partial charge in [-0.15, -0.1) is 0 Å². The number of hydrogen-bond acceptors (Lipinski definition) is 2. The quantitative estimate of drug-likeness (QED) is 0.517. The number of benzene rings is 2. The summed E-state index contributed by atoms with van der Waals surface area (Å²) in [5, 5.41) is 3.40. The highest BCUT2D eigenvalue weighted by Crippen LogP contribution is 2.42. The van der Waals surface area contributed by atoms with Gasteiger partial charge in [0.2, 0.25) is 0 Å². The molecule has 35 heavy (non-hydrogen) atoms. The van der Waals surface area contributed by atoms with E-state index in [4.69, 9.17) is 0 Å². The van der Waals surface area contributed by atoms with Gasteiger partial charge in [-0.2, -0.15) is 26.3 Å². The molecule has 1 N–H and O–H groups in total. The van der Waals surface area contributed by atoms with Crippen LogP contribution >= 0.6 is 0 Å². The van der Waals surface area contributed by atoms with Gasteiger partial charge in [-0.3, -0.25) is 0 Å². The van der Waals surface area contributed by atoms with Gasteiger partial charge in [0.05, 0.1) is 23.2 Å². The van der Waals surface area contributed by atoms with E-state index in [0.717, 1.165) is 25.1 Å². The molecule has 4 unspecified atom stereocenters. The van der Waals surface area contributed by atoms with Gasteiger partial charge in [-0.1, -0.05) is 30.3 Å². The van der Waals surface area contributed by atoms with Crippen LogP contribution < -0.4 is 5.32 Å². The lowest BCUT2D eigenvalue weighted by molar-refractivity contribution is -0.143. The first-order valence-corrected chi connectivity index (χ1v) is 11.4. The number of fused-ring (bicyclic) bond motifs is 2. The first-order valence-electron chi connectivity index (χ1n) is 11.4. The molecule has 4 rings (SSSR count). The van der Waals surface area contributed by atoms with Gasteiger partial charge in [0.15, 0.2) is 0 Å². The average Bonchev–Trinajstić information content (AvgIpc) is 2.81. The van der Waals surface area contributed by atoms with E-state index in [-0.39, 0.29) is 29.5 Å². The molecule has 0 aromatic heterocycles. The Morgan fingerprint density at radius 3 is 2.17 bits per heavy atom. The van der Waals surface area contributed by atoms with Crippen LogP contribution in [0.4, 0.5) is 31.1 Å². The van der Waals surface area contributed by atoms with E-state index in [1.165, 1.54) is 18.9 Å². The Balaban J connectivity index is 1.67. The number of urea groups is 1. The van der Waals surface area contributed by atoms with Crippen LogP contribution in [0.3, 0.4) is 0 Å². The number of carbonyl (C=O) groups excluding carboxylic acids is 1. The minimum absolute atomic E-state index is 0.0995. The fourth-order valence-corrected chi connectivity index (χ4v) is 5.20. The number of hydrogen-bond donors (Lipinski definition) is 1. The van der Waals surface area contributed by atoms with Crippen LogP contribution in [-0.2, 0) is 12.4 Å². The lowest BCUT2D eigenvalue weighted by Gasteiger charge is -2.49. The Bertz CT molecular complexity index is 1020. The molecule has 2 heterocycles. The molecule has 2 bridgehead atoms. The lowest BCUT2D eigenvalue weighted by Crippen LogP contribution is -2.56. The predicted octanol–water partition coefficient (Wildman–Crippen LogP) is 6.12. The number of halogens is 6. The molecular weight excluding hydrogens is 472 g/mol. The second-order valence-corrected chi connectivity index (χ2v) is 9.44. The summed E-state index contributed by atoms with van der Waals surface area (Å²) < 4.78 is 80.2. The largest absolute Gasteiger partial charge is 0.416 e. The van der Waals surface area contributed by atoms with Crippen molar-refractivity contribution in [2.75, 3.05) is 26.7 Å². The molecule has 0 saturated carbocycles. The first kappa shape index (κ1) is 25.3. The van der Waals surface area contributed by atoms with Crippen LogP contribution in [0.25, 0.3) is 0 Å². The third-order valence-corrected chi connectivity index (χ3v) is 7.07. The third-order valence-electron chi connectivity index (χ3n) is 7.07. The maximum atomic E-state index is 13.7. The smallest absolute Gasteiger partial charge is 0.321 e. The molecule has 2 aromatic carbocycles.